The van der Waals surface area contributed by atoms with E-state index in [2.05, 4.69) is 43.7 Å². The number of nitrogens with zero attached hydrogens (tertiary/aromatic N) is 5. The normalized spacial score (nSPS) is 16.4. The summed E-state index contributed by atoms with van der Waals surface area (Å²) in [6, 6.07) is 16.7. The Hall–Kier alpha value is -4.20. The van der Waals surface area contributed by atoms with Crippen molar-refractivity contribution >= 4 is 23.4 Å². The Labute approximate surface area is 221 Å². The van der Waals surface area contributed by atoms with Gasteiger partial charge in [-0.1, -0.05) is 12.1 Å². The fourth-order valence-corrected chi connectivity index (χ4v) is 4.72. The third-order valence-corrected chi connectivity index (χ3v) is 6.82. The monoisotopic (exact) mass is 513 g/mol. The number of carbonyl (C=O) groups excluding carboxylic acids is 1. The van der Waals surface area contributed by atoms with E-state index in [-0.39, 0.29) is 11.6 Å². The number of piperidine rings is 1. The fraction of sp³-hybridized carbons (Fsp3) is 0.357. The van der Waals surface area contributed by atoms with E-state index in [0.717, 1.165) is 56.9 Å². The number of benzene rings is 2. The van der Waals surface area contributed by atoms with Crippen molar-refractivity contribution in [3.8, 4) is 17.3 Å². The van der Waals surface area contributed by atoms with Gasteiger partial charge < -0.3 is 30.3 Å². The second-order valence-electron chi connectivity index (χ2n) is 9.35. The minimum atomic E-state index is -1.28. The van der Waals surface area contributed by atoms with Crippen molar-refractivity contribution in [1.29, 1.82) is 5.26 Å². The lowest BCUT2D eigenvalue weighted by molar-refractivity contribution is 0.122. The van der Waals surface area contributed by atoms with Gasteiger partial charge in [0.05, 0.1) is 30.5 Å². The van der Waals surface area contributed by atoms with E-state index in [1.165, 1.54) is 0 Å². The Morgan fingerprint density at radius 3 is 2.53 bits per heavy atom. The van der Waals surface area contributed by atoms with E-state index < -0.39 is 6.23 Å². The average molecular weight is 514 g/mol. The number of aliphatic hydroxyl groups is 1. The van der Waals surface area contributed by atoms with Crippen LogP contribution in [0.25, 0.3) is 11.3 Å². The summed E-state index contributed by atoms with van der Waals surface area (Å²) in [6.07, 6.45) is 3.39. The van der Waals surface area contributed by atoms with Gasteiger partial charge in [-0.15, -0.1) is 0 Å². The van der Waals surface area contributed by atoms with Crippen LogP contribution in [0.2, 0.25) is 0 Å². The number of aromatic nitrogens is 2. The number of hydrogen-bond acceptors (Lipinski definition) is 8. The highest BCUT2D eigenvalue weighted by atomic mass is 16.5. The second-order valence-corrected chi connectivity index (χ2v) is 9.35. The van der Waals surface area contributed by atoms with Gasteiger partial charge >= 0.3 is 6.03 Å². The molecule has 196 valence electrons. The predicted molar refractivity (Wildman–Crippen MR) is 144 cm³/mol. The molecule has 0 aliphatic carbocycles. The number of hydrogen-bond donors (Lipinski definition) is 3. The molecule has 3 aromatic rings. The van der Waals surface area contributed by atoms with Crippen molar-refractivity contribution in [1.82, 2.24) is 20.2 Å². The summed E-state index contributed by atoms with van der Waals surface area (Å²) >= 11 is 0. The first-order valence-electron chi connectivity index (χ1n) is 12.9. The Morgan fingerprint density at radius 1 is 1.03 bits per heavy atom. The minimum absolute atomic E-state index is 0.265. The lowest BCUT2D eigenvalue weighted by Gasteiger charge is -2.28. The molecule has 2 fully saturated rings. The number of nitrogens with one attached hydrogen (secondary N) is 2. The lowest BCUT2D eigenvalue weighted by Crippen LogP contribution is -2.44. The third-order valence-electron chi connectivity index (χ3n) is 6.82. The number of likely N-dealkylation sites (tertiary alicyclic amines) is 1. The van der Waals surface area contributed by atoms with Gasteiger partial charge in [-0.3, -0.25) is 0 Å². The third kappa shape index (κ3) is 6.02. The molecule has 38 heavy (non-hydrogen) atoms. The molecule has 2 saturated heterocycles. The lowest BCUT2D eigenvalue weighted by atomic mass is 10.0. The Bertz CT molecular complexity index is 1300. The van der Waals surface area contributed by atoms with Crippen molar-refractivity contribution in [2.24, 2.45) is 0 Å². The molecular weight excluding hydrogens is 482 g/mol. The molecule has 10 heteroatoms. The summed E-state index contributed by atoms with van der Waals surface area (Å²) in [5.74, 6) is 0.429. The molecule has 2 aliphatic rings. The van der Waals surface area contributed by atoms with Crippen LogP contribution in [0, 0.1) is 11.3 Å². The highest BCUT2D eigenvalue weighted by molar-refractivity contribution is 5.75. The molecule has 2 aromatic carbocycles. The van der Waals surface area contributed by atoms with E-state index in [1.807, 2.05) is 12.1 Å². The molecule has 3 heterocycles. The highest BCUT2D eigenvalue weighted by Gasteiger charge is 2.21. The largest absolute Gasteiger partial charge is 0.378 e. The maximum atomic E-state index is 12.5. The minimum Gasteiger partial charge on any atom is -0.378 e. The molecule has 10 nitrogen and oxygen atoms in total. The zero-order valence-electron chi connectivity index (χ0n) is 21.1. The number of rotatable bonds is 6. The summed E-state index contributed by atoms with van der Waals surface area (Å²) in [7, 11) is 0. The summed E-state index contributed by atoms with van der Waals surface area (Å²) in [5.41, 5.74) is 3.94. The first kappa shape index (κ1) is 25.4. The van der Waals surface area contributed by atoms with Crippen LogP contribution < -0.4 is 15.5 Å². The van der Waals surface area contributed by atoms with E-state index in [0.29, 0.717) is 35.9 Å². The predicted octanol–water partition coefficient (Wildman–Crippen LogP) is 3.78. The van der Waals surface area contributed by atoms with Gasteiger partial charge in [-0.05, 0) is 55.7 Å². The van der Waals surface area contributed by atoms with Gasteiger partial charge in [0.15, 0.2) is 6.23 Å². The van der Waals surface area contributed by atoms with Gasteiger partial charge in [0, 0.05) is 54.9 Å². The molecule has 1 atom stereocenters. The zero-order valence-corrected chi connectivity index (χ0v) is 21.1. The van der Waals surface area contributed by atoms with Crippen LogP contribution in [-0.2, 0) is 4.74 Å². The quantitative estimate of drug-likeness (QED) is 0.425. The van der Waals surface area contributed by atoms with Gasteiger partial charge in [0.25, 0.3) is 0 Å². The summed E-state index contributed by atoms with van der Waals surface area (Å²) in [5, 5.41) is 26.2. The Kier molecular flexibility index (Phi) is 7.97. The summed E-state index contributed by atoms with van der Waals surface area (Å²) in [6.45, 7) is 4.57. The summed E-state index contributed by atoms with van der Waals surface area (Å²) in [4.78, 5) is 25.4. The van der Waals surface area contributed by atoms with Crippen LogP contribution in [-0.4, -0.2) is 65.4 Å². The number of ether oxygens (including phenoxy) is 1. The van der Waals surface area contributed by atoms with Gasteiger partial charge in [-0.25, -0.2) is 14.8 Å². The van der Waals surface area contributed by atoms with E-state index in [4.69, 9.17) is 4.74 Å². The average Bonchev–Trinajstić information content (AvgIpc) is 2.98. The standard InChI is InChI=1S/C28H31N7O3/c29-19-21-18-20(4-9-24(21)26(36)33-28(37)35-12-2-1-3-13-35)25-10-11-30-27(32-25)31-22-5-7-23(8-6-22)34-14-16-38-17-15-34/h4-11,18,26,36H,1-3,12-17H2,(H,33,37)(H,30,31,32). The number of nitriles is 1. The molecular formula is C28H31N7O3. The van der Waals surface area contributed by atoms with Crippen molar-refractivity contribution in [3.05, 3.63) is 65.9 Å². The van der Waals surface area contributed by atoms with Crippen molar-refractivity contribution in [2.45, 2.75) is 25.5 Å². The van der Waals surface area contributed by atoms with E-state index in [1.54, 1.807) is 35.4 Å². The molecule has 0 saturated carbocycles. The smallest absolute Gasteiger partial charge is 0.319 e. The molecule has 1 aromatic heterocycles. The number of aliphatic hydroxyl groups excluding tert-OH is 1. The van der Waals surface area contributed by atoms with Crippen LogP contribution >= 0.6 is 0 Å². The Morgan fingerprint density at radius 2 is 1.79 bits per heavy atom. The first-order chi connectivity index (χ1) is 18.6. The number of morpholine rings is 1. The molecule has 3 N–H and O–H groups in total. The first-order valence-corrected chi connectivity index (χ1v) is 12.9. The summed E-state index contributed by atoms with van der Waals surface area (Å²) < 4.78 is 5.42. The molecule has 5 rings (SSSR count). The number of carbonyl (C=O) groups is 1. The number of urea groups is 1. The van der Waals surface area contributed by atoms with Crippen molar-refractivity contribution in [2.75, 3.05) is 49.6 Å². The van der Waals surface area contributed by atoms with Crippen LogP contribution in [0.4, 0.5) is 22.1 Å². The van der Waals surface area contributed by atoms with Gasteiger partial charge in [0.2, 0.25) is 5.95 Å². The van der Waals surface area contributed by atoms with Crippen molar-refractivity contribution in [3.63, 3.8) is 0 Å². The van der Waals surface area contributed by atoms with Crippen LogP contribution in [0.3, 0.4) is 0 Å². The van der Waals surface area contributed by atoms with E-state index in [9.17, 15) is 15.2 Å². The van der Waals surface area contributed by atoms with Crippen molar-refractivity contribution < 1.29 is 14.6 Å². The molecule has 0 spiro atoms. The van der Waals surface area contributed by atoms with Crippen LogP contribution in [0.5, 0.6) is 0 Å². The van der Waals surface area contributed by atoms with Crippen LogP contribution in [0.15, 0.2) is 54.7 Å². The van der Waals surface area contributed by atoms with Crippen LogP contribution in [0.1, 0.15) is 36.6 Å². The Balaban J connectivity index is 1.27. The molecule has 0 bridgehead atoms. The van der Waals surface area contributed by atoms with Gasteiger partial charge in [-0.2, -0.15) is 5.26 Å². The zero-order chi connectivity index (χ0) is 26.3. The topological polar surface area (TPSA) is 127 Å². The maximum Gasteiger partial charge on any atom is 0.319 e. The molecule has 2 amide bonds. The van der Waals surface area contributed by atoms with Gasteiger partial charge in [0.1, 0.15) is 0 Å². The molecule has 2 aliphatic heterocycles. The SMILES string of the molecule is N#Cc1cc(-c2ccnc(Nc3ccc(N4CCOCC4)cc3)n2)ccc1C(O)NC(=O)N1CCCCC1. The number of anilines is 3. The molecule has 1 unspecified atom stereocenters. The molecule has 0 radical (unpaired) electrons. The fourth-order valence-electron chi connectivity index (χ4n) is 4.72. The van der Waals surface area contributed by atoms with E-state index >= 15 is 0 Å². The maximum absolute atomic E-state index is 12.5. The highest BCUT2D eigenvalue weighted by Crippen LogP contribution is 2.26. The second kappa shape index (κ2) is 11.9. The number of amides is 2.